The maximum Gasteiger partial charge on any atom is 0.00955 e. The van der Waals surface area contributed by atoms with Gasteiger partial charge in [-0.15, -0.1) is 0 Å². The molecular formula is C14H30N2. The molecule has 16 heavy (non-hydrogen) atoms. The topological polar surface area (TPSA) is 15.3 Å². The lowest BCUT2D eigenvalue weighted by atomic mass is 9.85. The van der Waals surface area contributed by atoms with Crippen LogP contribution in [0.5, 0.6) is 0 Å². The highest BCUT2D eigenvalue weighted by atomic mass is 15.2. The maximum atomic E-state index is 3.27. The molecule has 2 nitrogen and oxygen atoms in total. The van der Waals surface area contributed by atoms with E-state index in [0.717, 1.165) is 6.04 Å². The Morgan fingerprint density at radius 3 is 2.50 bits per heavy atom. The quantitative estimate of drug-likeness (QED) is 0.793. The molecule has 0 aromatic rings. The van der Waals surface area contributed by atoms with Crippen LogP contribution in [0.25, 0.3) is 0 Å². The van der Waals surface area contributed by atoms with E-state index in [1.807, 2.05) is 13.8 Å². The molecule has 0 amide bonds. The lowest BCUT2D eigenvalue weighted by Crippen LogP contribution is -2.39. The summed E-state index contributed by atoms with van der Waals surface area (Å²) in [4.78, 5) is 2.74. The summed E-state index contributed by atoms with van der Waals surface area (Å²) in [5.41, 5.74) is 0.596. The molecule has 1 heterocycles. The van der Waals surface area contributed by atoms with Gasteiger partial charge >= 0.3 is 0 Å². The van der Waals surface area contributed by atoms with E-state index in [0.29, 0.717) is 5.41 Å². The van der Waals surface area contributed by atoms with E-state index in [4.69, 9.17) is 0 Å². The molecular weight excluding hydrogens is 196 g/mol. The first-order valence-corrected chi connectivity index (χ1v) is 7.12. The minimum atomic E-state index is 0.596. The monoisotopic (exact) mass is 226 g/mol. The van der Waals surface area contributed by atoms with Crippen LogP contribution in [0, 0.1) is 5.41 Å². The van der Waals surface area contributed by atoms with Gasteiger partial charge in [0.15, 0.2) is 0 Å². The Morgan fingerprint density at radius 2 is 2.00 bits per heavy atom. The van der Waals surface area contributed by atoms with E-state index in [1.165, 1.54) is 51.7 Å². The Bertz CT molecular complexity index is 189. The average molecular weight is 226 g/mol. The Morgan fingerprint density at radius 1 is 1.31 bits per heavy atom. The van der Waals surface area contributed by atoms with E-state index in [2.05, 4.69) is 24.2 Å². The van der Waals surface area contributed by atoms with Gasteiger partial charge in [0, 0.05) is 12.6 Å². The summed E-state index contributed by atoms with van der Waals surface area (Å²) in [5, 5.41) is 3.27. The van der Waals surface area contributed by atoms with E-state index >= 15 is 0 Å². The zero-order valence-corrected chi connectivity index (χ0v) is 11.7. The normalized spacial score (nSPS) is 30.8. The first kappa shape index (κ1) is 14.0. The van der Waals surface area contributed by atoms with Crippen LogP contribution in [0.2, 0.25) is 0 Å². The molecule has 1 N–H and O–H groups in total. The first-order chi connectivity index (χ1) is 7.73. The molecule has 0 spiro atoms. The number of likely N-dealkylation sites (tertiary alicyclic amines) is 1. The Hall–Kier alpha value is -0.0800. The summed E-state index contributed by atoms with van der Waals surface area (Å²) in [7, 11) is 2.06. The first-order valence-electron chi connectivity index (χ1n) is 7.12. The van der Waals surface area contributed by atoms with Crippen molar-refractivity contribution in [2.75, 3.05) is 26.7 Å². The summed E-state index contributed by atoms with van der Waals surface area (Å²) in [5.74, 6) is 0. The summed E-state index contributed by atoms with van der Waals surface area (Å²) in [6.45, 7) is 10.3. The van der Waals surface area contributed by atoms with Gasteiger partial charge in [-0.3, -0.25) is 4.90 Å². The van der Waals surface area contributed by atoms with Crippen LogP contribution < -0.4 is 5.32 Å². The maximum absolute atomic E-state index is 3.27. The van der Waals surface area contributed by atoms with Crippen molar-refractivity contribution in [1.82, 2.24) is 10.2 Å². The van der Waals surface area contributed by atoms with E-state index < -0.39 is 0 Å². The molecule has 0 aromatic carbocycles. The molecule has 1 aliphatic heterocycles. The molecule has 2 heteroatoms. The number of nitrogens with zero attached hydrogens (tertiary/aromatic N) is 1. The summed E-state index contributed by atoms with van der Waals surface area (Å²) < 4.78 is 0. The van der Waals surface area contributed by atoms with E-state index in [9.17, 15) is 0 Å². The van der Waals surface area contributed by atoms with Crippen LogP contribution in [-0.2, 0) is 0 Å². The van der Waals surface area contributed by atoms with Gasteiger partial charge in [0.2, 0.25) is 0 Å². The lowest BCUT2D eigenvalue weighted by Gasteiger charge is -2.36. The minimum absolute atomic E-state index is 0.596. The molecule has 0 aromatic heterocycles. The number of hydrogen-bond acceptors (Lipinski definition) is 2. The van der Waals surface area contributed by atoms with Crippen molar-refractivity contribution in [3.05, 3.63) is 0 Å². The zero-order valence-electron chi connectivity index (χ0n) is 11.7. The Balaban J connectivity index is 0.000000606. The highest BCUT2D eigenvalue weighted by Crippen LogP contribution is 2.37. The van der Waals surface area contributed by atoms with Crippen molar-refractivity contribution in [2.45, 2.75) is 58.9 Å². The summed E-state index contributed by atoms with van der Waals surface area (Å²) >= 11 is 0. The van der Waals surface area contributed by atoms with Crippen LogP contribution >= 0.6 is 0 Å². The van der Waals surface area contributed by atoms with E-state index in [-0.39, 0.29) is 0 Å². The van der Waals surface area contributed by atoms with Gasteiger partial charge in [0.05, 0.1) is 0 Å². The highest BCUT2D eigenvalue weighted by Gasteiger charge is 2.37. The van der Waals surface area contributed by atoms with Gasteiger partial charge in [-0.25, -0.2) is 0 Å². The molecule has 1 unspecified atom stereocenters. The van der Waals surface area contributed by atoms with Crippen LogP contribution in [0.3, 0.4) is 0 Å². The minimum Gasteiger partial charge on any atom is -0.320 e. The second-order valence-corrected chi connectivity index (χ2v) is 5.47. The number of nitrogens with one attached hydrogen (secondary N) is 1. The molecule has 2 aliphatic rings. The second kappa shape index (κ2) is 6.61. The smallest absolute Gasteiger partial charge is 0.00955 e. The van der Waals surface area contributed by atoms with Crippen LogP contribution in [-0.4, -0.2) is 37.6 Å². The van der Waals surface area contributed by atoms with Gasteiger partial charge in [-0.2, -0.15) is 0 Å². The van der Waals surface area contributed by atoms with Crippen LogP contribution in [0.4, 0.5) is 0 Å². The zero-order chi connectivity index (χ0) is 12.0. The SMILES string of the molecule is CC.CNCCC1(C)CCN(C2CCC2)C1. The van der Waals surface area contributed by atoms with Gasteiger partial charge in [-0.05, 0) is 51.2 Å². The second-order valence-electron chi connectivity index (χ2n) is 5.47. The van der Waals surface area contributed by atoms with Crippen molar-refractivity contribution >= 4 is 0 Å². The fourth-order valence-electron chi connectivity index (χ4n) is 2.76. The standard InChI is InChI=1S/C12H24N2.C2H6/c1-12(6-8-13-2)7-9-14(10-12)11-4-3-5-11;1-2/h11,13H,3-10H2,1-2H3;1-2H3. The van der Waals surface area contributed by atoms with Gasteiger partial charge in [0.1, 0.15) is 0 Å². The Kier molecular flexibility index (Phi) is 5.77. The third kappa shape index (κ3) is 3.46. The number of hydrogen-bond donors (Lipinski definition) is 1. The molecule has 96 valence electrons. The third-order valence-electron chi connectivity index (χ3n) is 4.16. The predicted molar refractivity (Wildman–Crippen MR) is 71.8 cm³/mol. The molecule has 2 fully saturated rings. The third-order valence-corrected chi connectivity index (χ3v) is 4.16. The van der Waals surface area contributed by atoms with Gasteiger partial charge < -0.3 is 5.32 Å². The molecule has 1 saturated heterocycles. The van der Waals surface area contributed by atoms with Crippen molar-refractivity contribution in [2.24, 2.45) is 5.41 Å². The summed E-state index contributed by atoms with van der Waals surface area (Å²) in [6, 6.07) is 0.950. The molecule has 0 bridgehead atoms. The molecule has 2 rings (SSSR count). The largest absolute Gasteiger partial charge is 0.320 e. The van der Waals surface area contributed by atoms with Crippen LogP contribution in [0.15, 0.2) is 0 Å². The van der Waals surface area contributed by atoms with Crippen molar-refractivity contribution in [3.8, 4) is 0 Å². The number of rotatable bonds is 4. The van der Waals surface area contributed by atoms with Gasteiger partial charge in [-0.1, -0.05) is 27.2 Å². The highest BCUT2D eigenvalue weighted by molar-refractivity contribution is 4.92. The van der Waals surface area contributed by atoms with Crippen LogP contribution in [0.1, 0.15) is 52.9 Å². The molecule has 0 radical (unpaired) electrons. The van der Waals surface area contributed by atoms with Crippen molar-refractivity contribution < 1.29 is 0 Å². The molecule has 1 saturated carbocycles. The lowest BCUT2D eigenvalue weighted by molar-refractivity contribution is 0.139. The molecule has 1 aliphatic carbocycles. The fourth-order valence-corrected chi connectivity index (χ4v) is 2.76. The van der Waals surface area contributed by atoms with Gasteiger partial charge in [0.25, 0.3) is 0 Å². The van der Waals surface area contributed by atoms with E-state index in [1.54, 1.807) is 0 Å². The fraction of sp³-hybridized carbons (Fsp3) is 1.00. The Labute approximate surface area is 102 Å². The van der Waals surface area contributed by atoms with Crippen molar-refractivity contribution in [1.29, 1.82) is 0 Å². The average Bonchev–Trinajstić information content (AvgIpc) is 2.59. The molecule has 1 atom stereocenters. The summed E-state index contributed by atoms with van der Waals surface area (Å²) in [6.07, 6.45) is 7.14. The predicted octanol–water partition coefficient (Wildman–Crippen LogP) is 2.89. The van der Waals surface area contributed by atoms with Crippen molar-refractivity contribution in [3.63, 3.8) is 0 Å².